The van der Waals surface area contributed by atoms with Crippen molar-refractivity contribution < 1.29 is 22.7 Å². The molecular weight excluding hydrogens is 291 g/mol. The molecule has 0 unspecified atom stereocenters. The standard InChI is InChI=1S/C13H14F3NO2S/c1-9(18)12(7-4-8-12)17-20-11-6-3-2-5-10(11)19-13(14,15)16/h2-3,5-6,17H,4,7-8H2,1H3. The number of Topliss-reactive ketones (excluding diaryl/α,β-unsaturated/α-hetero) is 1. The third-order valence-electron chi connectivity index (χ3n) is 3.31. The van der Waals surface area contributed by atoms with Gasteiger partial charge in [0.05, 0.1) is 10.4 Å². The van der Waals surface area contributed by atoms with Gasteiger partial charge in [-0.05, 0) is 50.3 Å². The summed E-state index contributed by atoms with van der Waals surface area (Å²) in [7, 11) is 0. The topological polar surface area (TPSA) is 38.3 Å². The van der Waals surface area contributed by atoms with Crippen molar-refractivity contribution in [2.75, 3.05) is 0 Å². The summed E-state index contributed by atoms with van der Waals surface area (Å²) in [6.07, 6.45) is -2.38. The van der Waals surface area contributed by atoms with E-state index in [-0.39, 0.29) is 11.5 Å². The number of para-hydroxylation sites is 1. The summed E-state index contributed by atoms with van der Waals surface area (Å²) in [6.45, 7) is 1.49. The Bertz CT molecular complexity index is 501. The van der Waals surface area contributed by atoms with E-state index in [1.165, 1.54) is 25.1 Å². The molecule has 1 fully saturated rings. The number of hydrogen-bond acceptors (Lipinski definition) is 4. The lowest BCUT2D eigenvalue weighted by Crippen LogP contribution is -2.53. The third kappa shape index (κ3) is 3.46. The fraction of sp³-hybridized carbons (Fsp3) is 0.462. The molecule has 0 aromatic heterocycles. The van der Waals surface area contributed by atoms with Crippen molar-refractivity contribution in [2.45, 2.75) is 43.0 Å². The molecule has 0 amide bonds. The lowest BCUT2D eigenvalue weighted by Gasteiger charge is -2.39. The number of halogens is 3. The molecule has 1 aromatic rings. The minimum atomic E-state index is -4.73. The van der Waals surface area contributed by atoms with Crippen molar-refractivity contribution in [3.63, 3.8) is 0 Å². The molecule has 1 aliphatic carbocycles. The van der Waals surface area contributed by atoms with Gasteiger partial charge in [0.1, 0.15) is 5.75 Å². The highest BCUT2D eigenvalue weighted by molar-refractivity contribution is 7.97. The maximum Gasteiger partial charge on any atom is 0.573 e. The van der Waals surface area contributed by atoms with Gasteiger partial charge in [0.25, 0.3) is 0 Å². The van der Waals surface area contributed by atoms with Gasteiger partial charge >= 0.3 is 6.36 Å². The number of nitrogens with one attached hydrogen (secondary N) is 1. The number of carbonyl (C=O) groups is 1. The van der Waals surface area contributed by atoms with Crippen LogP contribution in [0.2, 0.25) is 0 Å². The molecular formula is C13H14F3NO2S. The highest BCUT2D eigenvalue weighted by atomic mass is 32.2. The lowest BCUT2D eigenvalue weighted by molar-refractivity contribution is -0.275. The van der Waals surface area contributed by atoms with Crippen molar-refractivity contribution in [1.82, 2.24) is 4.72 Å². The van der Waals surface area contributed by atoms with Crippen LogP contribution in [0.4, 0.5) is 13.2 Å². The van der Waals surface area contributed by atoms with Gasteiger partial charge in [0.15, 0.2) is 5.78 Å². The number of ether oxygens (including phenoxy) is 1. The molecule has 0 spiro atoms. The minimum Gasteiger partial charge on any atom is -0.405 e. The van der Waals surface area contributed by atoms with Crippen molar-refractivity contribution in [3.8, 4) is 5.75 Å². The molecule has 0 bridgehead atoms. The fourth-order valence-electron chi connectivity index (χ4n) is 1.95. The number of ketones is 1. The van der Waals surface area contributed by atoms with E-state index >= 15 is 0 Å². The monoisotopic (exact) mass is 305 g/mol. The van der Waals surface area contributed by atoms with Crippen LogP contribution in [0.15, 0.2) is 29.2 Å². The van der Waals surface area contributed by atoms with Gasteiger partial charge in [-0.1, -0.05) is 12.1 Å². The van der Waals surface area contributed by atoms with E-state index in [0.717, 1.165) is 18.4 Å². The van der Waals surface area contributed by atoms with Crippen molar-refractivity contribution in [3.05, 3.63) is 24.3 Å². The van der Waals surface area contributed by atoms with Crippen LogP contribution in [0.5, 0.6) is 5.75 Å². The molecule has 0 heterocycles. The van der Waals surface area contributed by atoms with Gasteiger partial charge in [-0.25, -0.2) is 4.72 Å². The highest BCUT2D eigenvalue weighted by Crippen LogP contribution is 2.38. The molecule has 2 rings (SSSR count). The molecule has 110 valence electrons. The lowest BCUT2D eigenvalue weighted by atomic mass is 9.75. The first-order valence-electron chi connectivity index (χ1n) is 6.12. The summed E-state index contributed by atoms with van der Waals surface area (Å²) in [6, 6.07) is 5.85. The Kier molecular flexibility index (Phi) is 4.29. The van der Waals surface area contributed by atoms with Crippen LogP contribution in [0.3, 0.4) is 0 Å². The fourth-order valence-corrected chi connectivity index (χ4v) is 2.96. The van der Waals surface area contributed by atoms with E-state index in [2.05, 4.69) is 9.46 Å². The SMILES string of the molecule is CC(=O)C1(NSc2ccccc2OC(F)(F)F)CCC1. The zero-order valence-corrected chi connectivity index (χ0v) is 11.6. The molecule has 1 aromatic carbocycles. The van der Waals surface area contributed by atoms with Gasteiger partial charge in [0, 0.05) is 0 Å². The summed E-state index contributed by atoms with van der Waals surface area (Å²) in [4.78, 5) is 11.9. The van der Waals surface area contributed by atoms with Gasteiger partial charge in [0.2, 0.25) is 0 Å². The van der Waals surface area contributed by atoms with Gasteiger partial charge < -0.3 is 4.74 Å². The molecule has 3 nitrogen and oxygen atoms in total. The van der Waals surface area contributed by atoms with E-state index < -0.39 is 11.9 Å². The van der Waals surface area contributed by atoms with Crippen LogP contribution in [-0.2, 0) is 4.79 Å². The first-order valence-corrected chi connectivity index (χ1v) is 6.94. The summed E-state index contributed by atoms with van der Waals surface area (Å²) in [5, 5.41) is 0. The van der Waals surface area contributed by atoms with E-state index in [0.29, 0.717) is 17.7 Å². The summed E-state index contributed by atoms with van der Waals surface area (Å²) < 4.78 is 43.8. The number of hydrogen-bond donors (Lipinski definition) is 1. The summed E-state index contributed by atoms with van der Waals surface area (Å²) in [5.74, 6) is -0.263. The first-order chi connectivity index (χ1) is 9.32. The highest BCUT2D eigenvalue weighted by Gasteiger charge is 2.41. The second kappa shape index (κ2) is 5.65. The zero-order chi connectivity index (χ0) is 14.8. The van der Waals surface area contributed by atoms with E-state index in [1.54, 1.807) is 6.07 Å². The van der Waals surface area contributed by atoms with Crippen molar-refractivity contribution >= 4 is 17.7 Å². The molecule has 0 atom stereocenters. The van der Waals surface area contributed by atoms with E-state index in [9.17, 15) is 18.0 Å². The number of carbonyl (C=O) groups excluding carboxylic acids is 1. The van der Waals surface area contributed by atoms with Crippen LogP contribution < -0.4 is 9.46 Å². The average molecular weight is 305 g/mol. The largest absolute Gasteiger partial charge is 0.573 e. The Morgan fingerprint density at radius 3 is 2.50 bits per heavy atom. The molecule has 0 saturated heterocycles. The number of benzene rings is 1. The normalized spacial score (nSPS) is 17.4. The van der Waals surface area contributed by atoms with E-state index in [1.807, 2.05) is 0 Å². The Balaban J connectivity index is 2.08. The number of rotatable bonds is 5. The molecule has 0 aliphatic heterocycles. The van der Waals surface area contributed by atoms with Crippen LogP contribution in [0.1, 0.15) is 26.2 Å². The predicted octanol–water partition coefficient (Wildman–Crippen LogP) is 3.69. The van der Waals surface area contributed by atoms with Crippen molar-refractivity contribution in [2.24, 2.45) is 0 Å². The minimum absolute atomic E-state index is 0.00507. The smallest absolute Gasteiger partial charge is 0.405 e. The Morgan fingerprint density at radius 1 is 1.35 bits per heavy atom. The molecule has 1 saturated carbocycles. The quantitative estimate of drug-likeness (QED) is 0.842. The Morgan fingerprint density at radius 2 is 2.00 bits per heavy atom. The van der Waals surface area contributed by atoms with Crippen LogP contribution >= 0.6 is 11.9 Å². The second-order valence-electron chi connectivity index (χ2n) is 4.69. The Labute approximate surface area is 119 Å². The first kappa shape index (κ1) is 15.2. The molecule has 1 N–H and O–H groups in total. The average Bonchev–Trinajstić information content (AvgIpc) is 2.27. The van der Waals surface area contributed by atoms with Crippen LogP contribution in [0.25, 0.3) is 0 Å². The van der Waals surface area contributed by atoms with Gasteiger partial charge in [-0.3, -0.25) is 4.79 Å². The second-order valence-corrected chi connectivity index (χ2v) is 5.54. The van der Waals surface area contributed by atoms with Crippen LogP contribution in [-0.4, -0.2) is 17.7 Å². The molecule has 0 radical (unpaired) electrons. The molecule has 7 heteroatoms. The number of alkyl halides is 3. The summed E-state index contributed by atoms with van der Waals surface area (Å²) in [5.41, 5.74) is -0.615. The summed E-state index contributed by atoms with van der Waals surface area (Å²) >= 11 is 1.00. The van der Waals surface area contributed by atoms with Crippen molar-refractivity contribution in [1.29, 1.82) is 0 Å². The molecule has 20 heavy (non-hydrogen) atoms. The zero-order valence-electron chi connectivity index (χ0n) is 10.8. The third-order valence-corrected chi connectivity index (χ3v) is 4.36. The van der Waals surface area contributed by atoms with E-state index in [4.69, 9.17) is 0 Å². The maximum absolute atomic E-state index is 12.3. The molecule has 1 aliphatic rings. The maximum atomic E-state index is 12.3. The van der Waals surface area contributed by atoms with Crippen LogP contribution in [0, 0.1) is 0 Å². The predicted molar refractivity (Wildman–Crippen MR) is 69.4 cm³/mol. The Hall–Kier alpha value is -1.21. The van der Waals surface area contributed by atoms with Gasteiger partial charge in [-0.15, -0.1) is 13.2 Å². The van der Waals surface area contributed by atoms with Gasteiger partial charge in [-0.2, -0.15) is 0 Å².